The number of carbonyl (C=O) groups is 1. The zero-order chi connectivity index (χ0) is 9.90. The quantitative estimate of drug-likeness (QED) is 0.633. The van der Waals surface area contributed by atoms with Crippen molar-refractivity contribution in [3.05, 3.63) is 0 Å². The maximum Gasteiger partial charge on any atom is 0.324 e. The molecule has 1 fully saturated rings. The van der Waals surface area contributed by atoms with Crippen LogP contribution in [-0.2, 0) is 4.79 Å². The third-order valence-electron chi connectivity index (χ3n) is 2.41. The lowest BCUT2D eigenvalue weighted by Crippen LogP contribution is -2.47. The molecule has 3 N–H and O–H groups in total. The lowest BCUT2D eigenvalue weighted by Gasteiger charge is -2.23. The Morgan fingerprint density at radius 3 is 2.64 bits per heavy atom. The zero-order valence-corrected chi connectivity index (χ0v) is 9.27. The highest BCUT2D eigenvalue weighted by molar-refractivity contribution is 6.17. The van der Waals surface area contributed by atoms with Crippen LogP contribution >= 0.6 is 24.0 Å². The Kier molecular flexibility index (Phi) is 5.74. The van der Waals surface area contributed by atoms with Crippen molar-refractivity contribution in [1.29, 1.82) is 0 Å². The van der Waals surface area contributed by atoms with E-state index in [0.717, 1.165) is 0 Å². The van der Waals surface area contributed by atoms with E-state index < -0.39 is 17.6 Å². The highest BCUT2D eigenvalue weighted by atomic mass is 35.5. The van der Waals surface area contributed by atoms with Crippen LogP contribution in [0.3, 0.4) is 0 Å². The average molecular weight is 244 g/mol. The molecule has 4 nitrogen and oxygen atoms in total. The second-order valence-corrected chi connectivity index (χ2v) is 3.80. The molecule has 0 saturated carbocycles. The van der Waals surface area contributed by atoms with E-state index in [0.29, 0.717) is 25.3 Å². The minimum absolute atomic E-state index is 0. The molecule has 6 heteroatoms. The maximum atomic E-state index is 11.0. The van der Waals surface area contributed by atoms with E-state index in [-0.39, 0.29) is 18.8 Å². The molecule has 14 heavy (non-hydrogen) atoms. The van der Waals surface area contributed by atoms with Gasteiger partial charge in [0, 0.05) is 18.8 Å². The Balaban J connectivity index is 0.00000169. The van der Waals surface area contributed by atoms with Crippen molar-refractivity contribution < 1.29 is 15.0 Å². The Morgan fingerprint density at radius 2 is 2.29 bits per heavy atom. The first-order chi connectivity index (χ1) is 6.10. The normalized spacial score (nSPS) is 31.1. The van der Waals surface area contributed by atoms with Gasteiger partial charge >= 0.3 is 5.97 Å². The standard InChI is InChI=1S/C8H14ClNO3.ClH/c9-3-1-2-8(7(12)13)4-6(11)5-10-8;/h6,10-11H,1-5H2,(H,12,13);1H/t6-,8?;/m0./s1. The molecule has 0 spiro atoms. The molecule has 0 aromatic rings. The minimum atomic E-state index is -0.950. The van der Waals surface area contributed by atoms with Crippen LogP contribution in [-0.4, -0.2) is 40.3 Å². The molecule has 0 aromatic carbocycles. The summed E-state index contributed by atoms with van der Waals surface area (Å²) in [5, 5.41) is 21.1. The highest BCUT2D eigenvalue weighted by Gasteiger charge is 2.44. The summed E-state index contributed by atoms with van der Waals surface area (Å²) < 4.78 is 0. The van der Waals surface area contributed by atoms with Gasteiger partial charge in [0.25, 0.3) is 0 Å². The van der Waals surface area contributed by atoms with Crippen molar-refractivity contribution in [2.45, 2.75) is 30.9 Å². The van der Waals surface area contributed by atoms with Gasteiger partial charge in [-0.1, -0.05) is 0 Å². The van der Waals surface area contributed by atoms with Gasteiger partial charge in [0.15, 0.2) is 0 Å². The molecule has 84 valence electrons. The first-order valence-corrected chi connectivity index (χ1v) is 4.86. The van der Waals surface area contributed by atoms with E-state index in [2.05, 4.69) is 5.32 Å². The van der Waals surface area contributed by atoms with E-state index in [4.69, 9.17) is 16.7 Å². The van der Waals surface area contributed by atoms with Crippen molar-refractivity contribution in [3.63, 3.8) is 0 Å². The molecule has 0 aromatic heterocycles. The number of nitrogens with one attached hydrogen (secondary N) is 1. The highest BCUT2D eigenvalue weighted by Crippen LogP contribution is 2.25. The van der Waals surface area contributed by atoms with Crippen molar-refractivity contribution in [2.24, 2.45) is 0 Å². The number of hydrogen-bond acceptors (Lipinski definition) is 3. The molecule has 1 aliphatic heterocycles. The molecule has 1 aliphatic rings. The summed E-state index contributed by atoms with van der Waals surface area (Å²) in [5.41, 5.74) is -0.950. The Labute approximate surface area is 94.0 Å². The number of β-amino-alcohol motifs (C(OH)–C–C–N with tert-alkyl or cyclic N) is 1. The largest absolute Gasteiger partial charge is 0.480 e. The van der Waals surface area contributed by atoms with Gasteiger partial charge in [-0.05, 0) is 12.8 Å². The fourth-order valence-corrected chi connectivity index (χ4v) is 1.82. The molecule has 0 amide bonds. The lowest BCUT2D eigenvalue weighted by molar-refractivity contribution is -0.144. The molecule has 0 radical (unpaired) electrons. The van der Waals surface area contributed by atoms with Crippen LogP contribution in [0.4, 0.5) is 0 Å². The number of alkyl halides is 1. The molecule has 1 saturated heterocycles. The number of halogens is 2. The molecule has 1 unspecified atom stereocenters. The number of aliphatic hydroxyl groups excluding tert-OH is 1. The SMILES string of the molecule is Cl.O=C(O)C1(CCCCl)C[C@H](O)CN1. The number of hydrogen-bond donors (Lipinski definition) is 3. The van der Waals surface area contributed by atoms with E-state index in [1.54, 1.807) is 0 Å². The maximum absolute atomic E-state index is 11.0. The predicted octanol–water partition coefficient (Wildman–Crippen LogP) is 0.605. The smallest absolute Gasteiger partial charge is 0.324 e. The molecule has 1 rings (SSSR count). The summed E-state index contributed by atoms with van der Waals surface area (Å²) in [7, 11) is 0. The molecule has 1 heterocycles. The van der Waals surface area contributed by atoms with Crippen LogP contribution in [0.25, 0.3) is 0 Å². The second-order valence-electron chi connectivity index (χ2n) is 3.42. The molecule has 0 aliphatic carbocycles. The van der Waals surface area contributed by atoms with Gasteiger partial charge in [0.1, 0.15) is 5.54 Å². The first kappa shape index (κ1) is 14.0. The van der Waals surface area contributed by atoms with Crippen LogP contribution in [0.5, 0.6) is 0 Å². The van der Waals surface area contributed by atoms with E-state index in [1.165, 1.54) is 0 Å². The monoisotopic (exact) mass is 243 g/mol. The Morgan fingerprint density at radius 1 is 1.64 bits per heavy atom. The fraction of sp³-hybridized carbons (Fsp3) is 0.875. The minimum Gasteiger partial charge on any atom is -0.480 e. The average Bonchev–Trinajstić information content (AvgIpc) is 2.45. The number of rotatable bonds is 4. The van der Waals surface area contributed by atoms with Gasteiger partial charge in [-0.3, -0.25) is 10.1 Å². The summed E-state index contributed by atoms with van der Waals surface area (Å²) >= 11 is 5.50. The summed E-state index contributed by atoms with van der Waals surface area (Å²) in [4.78, 5) is 11.0. The van der Waals surface area contributed by atoms with Gasteiger partial charge in [0.2, 0.25) is 0 Å². The zero-order valence-electron chi connectivity index (χ0n) is 7.70. The van der Waals surface area contributed by atoms with Crippen molar-refractivity contribution in [3.8, 4) is 0 Å². The van der Waals surface area contributed by atoms with Crippen LogP contribution in [0.15, 0.2) is 0 Å². The van der Waals surface area contributed by atoms with Crippen molar-refractivity contribution in [2.75, 3.05) is 12.4 Å². The van der Waals surface area contributed by atoms with Gasteiger partial charge < -0.3 is 10.2 Å². The lowest BCUT2D eigenvalue weighted by atomic mass is 9.91. The number of aliphatic carboxylic acids is 1. The third kappa shape index (κ3) is 2.98. The summed E-state index contributed by atoms with van der Waals surface area (Å²) in [5.74, 6) is -0.443. The number of carboxylic acid groups (broad SMARTS) is 1. The molecule has 0 bridgehead atoms. The Bertz CT molecular complexity index is 203. The van der Waals surface area contributed by atoms with E-state index >= 15 is 0 Å². The molecular formula is C8H15Cl2NO3. The summed E-state index contributed by atoms with van der Waals surface area (Å²) in [6.07, 6.45) is 0.849. The molecular weight excluding hydrogens is 229 g/mol. The van der Waals surface area contributed by atoms with Crippen LogP contribution in [0, 0.1) is 0 Å². The predicted molar refractivity (Wildman–Crippen MR) is 56.2 cm³/mol. The first-order valence-electron chi connectivity index (χ1n) is 4.33. The number of carboxylic acids is 1. The van der Waals surface area contributed by atoms with Gasteiger partial charge in [-0.15, -0.1) is 24.0 Å². The second kappa shape index (κ2) is 5.75. The van der Waals surface area contributed by atoms with E-state index in [1.807, 2.05) is 0 Å². The van der Waals surface area contributed by atoms with Crippen LogP contribution in [0.2, 0.25) is 0 Å². The van der Waals surface area contributed by atoms with Gasteiger partial charge in [-0.25, -0.2) is 0 Å². The Hall–Kier alpha value is -0.0300. The molecule has 2 atom stereocenters. The summed E-state index contributed by atoms with van der Waals surface area (Å²) in [6, 6.07) is 0. The van der Waals surface area contributed by atoms with E-state index in [9.17, 15) is 9.90 Å². The van der Waals surface area contributed by atoms with Crippen molar-refractivity contribution in [1.82, 2.24) is 5.32 Å². The van der Waals surface area contributed by atoms with Crippen molar-refractivity contribution >= 4 is 30.0 Å². The third-order valence-corrected chi connectivity index (χ3v) is 2.67. The van der Waals surface area contributed by atoms with Crippen LogP contribution < -0.4 is 5.32 Å². The topological polar surface area (TPSA) is 69.6 Å². The van der Waals surface area contributed by atoms with Gasteiger partial charge in [0.05, 0.1) is 6.10 Å². The van der Waals surface area contributed by atoms with Crippen LogP contribution in [0.1, 0.15) is 19.3 Å². The fourth-order valence-electron chi connectivity index (χ4n) is 1.69. The summed E-state index contributed by atoms with van der Waals surface area (Å²) in [6.45, 7) is 0.356. The van der Waals surface area contributed by atoms with Gasteiger partial charge in [-0.2, -0.15) is 0 Å². The number of aliphatic hydroxyl groups is 1.